The Morgan fingerprint density at radius 3 is 2.43 bits per heavy atom. The van der Waals surface area contributed by atoms with Crippen LogP contribution in [0.3, 0.4) is 0 Å². The van der Waals surface area contributed by atoms with Crippen LogP contribution in [0.15, 0.2) is 0 Å². The Hall–Kier alpha value is -1.34. The molecule has 0 aromatic carbocycles. The van der Waals surface area contributed by atoms with Crippen molar-refractivity contribution in [2.75, 3.05) is 6.61 Å². The number of aliphatic hydroxyl groups excluding tert-OH is 2. The fraction of sp³-hybridized carbons (Fsp3) is 0.714. The Morgan fingerprint density at radius 2 is 2.07 bits per heavy atom. The number of amides is 1. The molecule has 0 bridgehead atoms. The third-order valence-corrected chi connectivity index (χ3v) is 1.35. The zero-order valence-corrected chi connectivity index (χ0v) is 7.64. The molecule has 4 N–H and O–H groups in total. The molecule has 0 aliphatic heterocycles. The summed E-state index contributed by atoms with van der Waals surface area (Å²) in [6.07, 6.45) is -4.31. The molecule has 0 heterocycles. The predicted octanol–water partition coefficient (Wildman–Crippen LogP) is -1.11. The van der Waals surface area contributed by atoms with Crippen molar-refractivity contribution in [2.24, 2.45) is 0 Å². The SMILES string of the molecule is CCC(=O)OC(NC(=O)O)C(O)CO. The van der Waals surface area contributed by atoms with E-state index in [9.17, 15) is 9.59 Å². The lowest BCUT2D eigenvalue weighted by molar-refractivity contribution is -0.158. The van der Waals surface area contributed by atoms with Gasteiger partial charge in [-0.3, -0.25) is 10.1 Å². The maximum Gasteiger partial charge on any atom is 0.407 e. The number of nitrogens with one attached hydrogen (secondary N) is 1. The number of hydrogen-bond acceptors (Lipinski definition) is 5. The van der Waals surface area contributed by atoms with Gasteiger partial charge >= 0.3 is 12.1 Å². The zero-order valence-electron chi connectivity index (χ0n) is 7.64. The maximum atomic E-state index is 10.8. The third kappa shape index (κ3) is 4.63. The van der Waals surface area contributed by atoms with Crippen LogP contribution in [0.25, 0.3) is 0 Å². The Balaban J connectivity index is 4.23. The lowest BCUT2D eigenvalue weighted by Crippen LogP contribution is -2.47. The third-order valence-electron chi connectivity index (χ3n) is 1.35. The average Bonchev–Trinajstić information content (AvgIpc) is 2.14. The van der Waals surface area contributed by atoms with Crippen LogP contribution in [0.2, 0.25) is 0 Å². The molecule has 7 nitrogen and oxygen atoms in total. The predicted molar refractivity (Wildman–Crippen MR) is 44.4 cm³/mol. The summed E-state index contributed by atoms with van der Waals surface area (Å²) in [5, 5.41) is 27.7. The molecule has 2 atom stereocenters. The topological polar surface area (TPSA) is 116 Å². The Bertz CT molecular complexity index is 206. The fourth-order valence-electron chi connectivity index (χ4n) is 0.647. The van der Waals surface area contributed by atoms with Crippen molar-refractivity contribution in [2.45, 2.75) is 25.7 Å². The molecule has 7 heteroatoms. The molecule has 0 spiro atoms. The van der Waals surface area contributed by atoms with Crippen molar-refractivity contribution in [1.82, 2.24) is 5.32 Å². The van der Waals surface area contributed by atoms with E-state index in [1.54, 1.807) is 5.32 Å². The molecule has 0 rings (SSSR count). The summed E-state index contributed by atoms with van der Waals surface area (Å²) < 4.78 is 4.52. The smallest absolute Gasteiger partial charge is 0.407 e. The van der Waals surface area contributed by atoms with Gasteiger partial charge in [-0.25, -0.2) is 4.79 Å². The van der Waals surface area contributed by atoms with Crippen LogP contribution < -0.4 is 5.32 Å². The van der Waals surface area contributed by atoms with Gasteiger partial charge in [0.1, 0.15) is 6.10 Å². The van der Waals surface area contributed by atoms with Gasteiger partial charge in [0, 0.05) is 6.42 Å². The van der Waals surface area contributed by atoms with Crippen molar-refractivity contribution < 1.29 is 29.6 Å². The van der Waals surface area contributed by atoms with E-state index in [1.165, 1.54) is 6.92 Å². The summed E-state index contributed by atoms with van der Waals surface area (Å²) in [4.78, 5) is 21.0. The number of carbonyl (C=O) groups is 2. The van der Waals surface area contributed by atoms with E-state index in [1.807, 2.05) is 0 Å². The zero-order chi connectivity index (χ0) is 11.1. The van der Waals surface area contributed by atoms with E-state index < -0.39 is 31.0 Å². The summed E-state index contributed by atoms with van der Waals surface area (Å²) in [5.41, 5.74) is 0. The van der Waals surface area contributed by atoms with Gasteiger partial charge < -0.3 is 20.1 Å². The minimum absolute atomic E-state index is 0.0515. The van der Waals surface area contributed by atoms with Crippen LogP contribution in [0.5, 0.6) is 0 Å². The van der Waals surface area contributed by atoms with E-state index >= 15 is 0 Å². The van der Waals surface area contributed by atoms with Crippen molar-refractivity contribution in [3.05, 3.63) is 0 Å². The number of ether oxygens (including phenoxy) is 1. The second kappa shape index (κ2) is 6.17. The summed E-state index contributed by atoms with van der Waals surface area (Å²) >= 11 is 0. The quantitative estimate of drug-likeness (QED) is 0.335. The van der Waals surface area contributed by atoms with Crippen molar-refractivity contribution in [3.8, 4) is 0 Å². The molecule has 14 heavy (non-hydrogen) atoms. The normalized spacial score (nSPS) is 14.2. The molecule has 2 unspecified atom stereocenters. The van der Waals surface area contributed by atoms with E-state index in [-0.39, 0.29) is 6.42 Å². The molecule has 0 aliphatic carbocycles. The molecule has 1 amide bonds. The molecule has 0 saturated heterocycles. The van der Waals surface area contributed by atoms with E-state index in [0.717, 1.165) is 0 Å². The largest absolute Gasteiger partial charge is 0.465 e. The van der Waals surface area contributed by atoms with Gasteiger partial charge in [0.25, 0.3) is 0 Å². The first-order valence-electron chi connectivity index (χ1n) is 3.99. The number of carbonyl (C=O) groups excluding carboxylic acids is 1. The van der Waals surface area contributed by atoms with Gasteiger partial charge in [-0.2, -0.15) is 0 Å². The summed E-state index contributed by atoms with van der Waals surface area (Å²) in [6, 6.07) is 0. The highest BCUT2D eigenvalue weighted by atomic mass is 16.6. The summed E-state index contributed by atoms with van der Waals surface area (Å²) in [5.74, 6) is -0.670. The first kappa shape index (κ1) is 12.7. The maximum absolute atomic E-state index is 10.8. The molecule has 0 fully saturated rings. The van der Waals surface area contributed by atoms with Gasteiger partial charge in [-0.05, 0) is 0 Å². The van der Waals surface area contributed by atoms with E-state index in [2.05, 4.69) is 4.74 Å². The second-order valence-corrected chi connectivity index (χ2v) is 2.46. The highest BCUT2D eigenvalue weighted by Gasteiger charge is 2.23. The number of carboxylic acid groups (broad SMARTS) is 1. The number of rotatable bonds is 5. The Labute approximate surface area is 80.3 Å². The van der Waals surface area contributed by atoms with Gasteiger partial charge in [-0.15, -0.1) is 0 Å². The van der Waals surface area contributed by atoms with E-state index in [0.29, 0.717) is 0 Å². The fourth-order valence-corrected chi connectivity index (χ4v) is 0.647. The van der Waals surface area contributed by atoms with Gasteiger partial charge in [0.05, 0.1) is 6.61 Å². The van der Waals surface area contributed by atoms with Crippen molar-refractivity contribution in [3.63, 3.8) is 0 Å². The molecule has 0 saturated carbocycles. The molecule has 0 aliphatic rings. The monoisotopic (exact) mass is 207 g/mol. The van der Waals surface area contributed by atoms with E-state index in [4.69, 9.17) is 15.3 Å². The summed E-state index contributed by atoms with van der Waals surface area (Å²) in [7, 11) is 0. The molecule has 0 aromatic rings. The van der Waals surface area contributed by atoms with Gasteiger partial charge in [0.15, 0.2) is 0 Å². The summed E-state index contributed by atoms with van der Waals surface area (Å²) in [6.45, 7) is 0.813. The molecule has 0 radical (unpaired) electrons. The first-order chi connectivity index (χ1) is 6.51. The number of aliphatic hydroxyl groups is 2. The van der Waals surface area contributed by atoms with Gasteiger partial charge in [-0.1, -0.05) is 6.92 Å². The van der Waals surface area contributed by atoms with Crippen LogP contribution in [0, 0.1) is 0 Å². The standard InChI is InChI=1S/C7H13NO6/c1-2-5(11)14-6(4(10)3-9)8-7(12)13/h4,6,8-10H,2-3H2,1H3,(H,12,13). The number of esters is 1. The number of hydrogen-bond donors (Lipinski definition) is 4. The average molecular weight is 207 g/mol. The van der Waals surface area contributed by atoms with Crippen LogP contribution in [-0.2, 0) is 9.53 Å². The van der Waals surface area contributed by atoms with Crippen LogP contribution in [0.1, 0.15) is 13.3 Å². The van der Waals surface area contributed by atoms with Crippen LogP contribution in [0.4, 0.5) is 4.79 Å². The van der Waals surface area contributed by atoms with Crippen LogP contribution >= 0.6 is 0 Å². The molecular weight excluding hydrogens is 194 g/mol. The minimum Gasteiger partial charge on any atom is -0.465 e. The van der Waals surface area contributed by atoms with Crippen molar-refractivity contribution in [1.29, 1.82) is 0 Å². The first-order valence-corrected chi connectivity index (χ1v) is 3.99. The molecule has 0 aromatic heterocycles. The molecular formula is C7H13NO6. The van der Waals surface area contributed by atoms with Crippen molar-refractivity contribution >= 4 is 12.1 Å². The van der Waals surface area contributed by atoms with Gasteiger partial charge in [0.2, 0.25) is 6.23 Å². The second-order valence-electron chi connectivity index (χ2n) is 2.46. The minimum atomic E-state index is -1.47. The Morgan fingerprint density at radius 1 is 1.50 bits per heavy atom. The lowest BCUT2D eigenvalue weighted by atomic mass is 10.3. The lowest BCUT2D eigenvalue weighted by Gasteiger charge is -2.20. The highest BCUT2D eigenvalue weighted by Crippen LogP contribution is 1.98. The highest BCUT2D eigenvalue weighted by molar-refractivity contribution is 5.70. The molecule has 82 valence electrons. The van der Waals surface area contributed by atoms with Crippen LogP contribution in [-0.4, -0.2) is 46.3 Å². The Kier molecular flexibility index (Phi) is 5.58.